The van der Waals surface area contributed by atoms with E-state index in [1.54, 1.807) is 0 Å². The van der Waals surface area contributed by atoms with Crippen molar-refractivity contribution in [2.24, 2.45) is 5.73 Å². The van der Waals surface area contributed by atoms with Crippen LogP contribution in [0.25, 0.3) is 0 Å². The van der Waals surface area contributed by atoms with Gasteiger partial charge in [-0.25, -0.2) is 0 Å². The minimum Gasteiger partial charge on any atom is -0.507 e. The van der Waals surface area contributed by atoms with E-state index in [0.717, 1.165) is 49.5 Å². The van der Waals surface area contributed by atoms with E-state index in [9.17, 15) is 9.90 Å². The summed E-state index contributed by atoms with van der Waals surface area (Å²) in [6.07, 6.45) is 6.08. The molecule has 0 amide bonds. The molecule has 0 aliphatic heterocycles. The number of phenolic OH excluding ortho intramolecular Hbond substituents is 1. The Morgan fingerprint density at radius 2 is 1.95 bits per heavy atom. The topological polar surface area (TPSA) is 63.3 Å². The SMILES string of the molecule is CCCCC(C)(CCCN)c1cc(C)c(O)c(C=O)c1. The Hall–Kier alpha value is -1.35. The summed E-state index contributed by atoms with van der Waals surface area (Å²) < 4.78 is 0. The molecular formula is C17H27NO2. The van der Waals surface area contributed by atoms with E-state index in [-0.39, 0.29) is 11.2 Å². The molecule has 1 aromatic rings. The van der Waals surface area contributed by atoms with Crippen LogP contribution in [0.15, 0.2) is 12.1 Å². The van der Waals surface area contributed by atoms with Crippen LogP contribution in [-0.2, 0) is 5.41 Å². The fraction of sp³-hybridized carbons (Fsp3) is 0.588. The highest BCUT2D eigenvalue weighted by molar-refractivity contribution is 5.80. The molecule has 0 aromatic heterocycles. The lowest BCUT2D eigenvalue weighted by Crippen LogP contribution is -2.24. The molecule has 0 aliphatic carbocycles. The molecule has 0 radical (unpaired) electrons. The molecule has 0 fully saturated rings. The van der Waals surface area contributed by atoms with Gasteiger partial charge in [0.15, 0.2) is 6.29 Å². The van der Waals surface area contributed by atoms with Crippen molar-refractivity contribution in [1.29, 1.82) is 0 Å². The minimum absolute atomic E-state index is 0.0194. The van der Waals surface area contributed by atoms with Crippen LogP contribution in [0.3, 0.4) is 0 Å². The summed E-state index contributed by atoms with van der Waals surface area (Å²) in [5.41, 5.74) is 7.96. The number of aromatic hydroxyl groups is 1. The monoisotopic (exact) mass is 277 g/mol. The zero-order valence-electron chi connectivity index (χ0n) is 12.9. The Morgan fingerprint density at radius 3 is 2.50 bits per heavy atom. The quantitative estimate of drug-likeness (QED) is 0.712. The van der Waals surface area contributed by atoms with Crippen molar-refractivity contribution in [3.05, 3.63) is 28.8 Å². The zero-order valence-corrected chi connectivity index (χ0v) is 12.9. The maximum Gasteiger partial charge on any atom is 0.153 e. The Balaban J connectivity index is 3.18. The van der Waals surface area contributed by atoms with Crippen LogP contribution in [0.5, 0.6) is 5.75 Å². The van der Waals surface area contributed by atoms with Gasteiger partial charge in [0.25, 0.3) is 0 Å². The summed E-state index contributed by atoms with van der Waals surface area (Å²) in [6.45, 7) is 6.94. The van der Waals surface area contributed by atoms with Crippen molar-refractivity contribution < 1.29 is 9.90 Å². The van der Waals surface area contributed by atoms with Crippen molar-refractivity contribution in [3.63, 3.8) is 0 Å². The Labute approximate surface area is 122 Å². The van der Waals surface area contributed by atoms with Crippen LogP contribution in [0.2, 0.25) is 0 Å². The van der Waals surface area contributed by atoms with Crippen molar-refractivity contribution in [2.45, 2.75) is 58.3 Å². The third-order valence-electron chi connectivity index (χ3n) is 4.17. The summed E-state index contributed by atoms with van der Waals surface area (Å²) in [5.74, 6) is 0.0976. The number of hydrogen-bond donors (Lipinski definition) is 2. The molecule has 1 rings (SSSR count). The van der Waals surface area contributed by atoms with Gasteiger partial charge < -0.3 is 10.8 Å². The van der Waals surface area contributed by atoms with Gasteiger partial charge in [0.05, 0.1) is 5.56 Å². The molecule has 0 aliphatic rings. The number of benzene rings is 1. The molecule has 0 spiro atoms. The highest BCUT2D eigenvalue weighted by atomic mass is 16.3. The Morgan fingerprint density at radius 1 is 1.30 bits per heavy atom. The molecule has 3 N–H and O–H groups in total. The second-order valence-corrected chi connectivity index (χ2v) is 5.91. The summed E-state index contributed by atoms with van der Waals surface area (Å²) in [5, 5.41) is 9.89. The highest BCUT2D eigenvalue weighted by Gasteiger charge is 2.26. The van der Waals surface area contributed by atoms with E-state index in [2.05, 4.69) is 13.8 Å². The molecule has 0 saturated heterocycles. The molecule has 1 atom stereocenters. The summed E-state index contributed by atoms with van der Waals surface area (Å²) in [6, 6.07) is 3.84. The van der Waals surface area contributed by atoms with Crippen molar-refractivity contribution in [1.82, 2.24) is 0 Å². The van der Waals surface area contributed by atoms with Gasteiger partial charge >= 0.3 is 0 Å². The lowest BCUT2D eigenvalue weighted by atomic mass is 9.74. The third kappa shape index (κ3) is 3.83. The first-order valence-electron chi connectivity index (χ1n) is 7.48. The second-order valence-electron chi connectivity index (χ2n) is 5.91. The largest absolute Gasteiger partial charge is 0.507 e. The number of phenols is 1. The normalized spacial score (nSPS) is 14.0. The smallest absolute Gasteiger partial charge is 0.153 e. The van der Waals surface area contributed by atoms with Crippen LogP contribution in [0.1, 0.15) is 67.4 Å². The standard InChI is InChI=1S/C17H27NO2/c1-4-5-7-17(3,8-6-9-18)15-10-13(2)16(20)14(11-15)12-19/h10-12,20H,4-9,18H2,1-3H3. The van der Waals surface area contributed by atoms with Gasteiger partial charge in [0.1, 0.15) is 5.75 Å². The van der Waals surface area contributed by atoms with Gasteiger partial charge in [-0.15, -0.1) is 0 Å². The van der Waals surface area contributed by atoms with Crippen molar-refractivity contribution >= 4 is 6.29 Å². The Kier molecular flexibility index (Phi) is 6.21. The number of carbonyl (C=O) groups is 1. The molecule has 0 heterocycles. The van der Waals surface area contributed by atoms with Gasteiger partial charge in [-0.3, -0.25) is 4.79 Å². The number of hydrogen-bond acceptors (Lipinski definition) is 3. The Bertz CT molecular complexity index is 447. The molecule has 3 heteroatoms. The number of aldehydes is 1. The van der Waals surface area contributed by atoms with Gasteiger partial charge in [0, 0.05) is 0 Å². The summed E-state index contributed by atoms with van der Waals surface area (Å²) in [7, 11) is 0. The first kappa shape index (κ1) is 16.7. The van der Waals surface area contributed by atoms with Gasteiger partial charge in [-0.05, 0) is 55.3 Å². The molecule has 3 nitrogen and oxygen atoms in total. The highest BCUT2D eigenvalue weighted by Crippen LogP contribution is 2.37. The van der Waals surface area contributed by atoms with E-state index in [1.807, 2.05) is 19.1 Å². The first-order valence-corrected chi connectivity index (χ1v) is 7.48. The summed E-state index contributed by atoms with van der Waals surface area (Å²) >= 11 is 0. The van der Waals surface area contributed by atoms with Crippen molar-refractivity contribution in [3.8, 4) is 5.75 Å². The number of unbranched alkanes of at least 4 members (excludes halogenated alkanes) is 1. The molecular weight excluding hydrogens is 250 g/mol. The molecule has 1 unspecified atom stereocenters. The second kappa shape index (κ2) is 7.44. The average Bonchev–Trinajstić information content (AvgIpc) is 2.45. The van der Waals surface area contributed by atoms with Crippen LogP contribution < -0.4 is 5.73 Å². The van der Waals surface area contributed by atoms with E-state index < -0.39 is 0 Å². The van der Waals surface area contributed by atoms with E-state index in [0.29, 0.717) is 12.1 Å². The van der Waals surface area contributed by atoms with Gasteiger partial charge in [0.2, 0.25) is 0 Å². The first-order chi connectivity index (χ1) is 9.48. The molecule has 1 aromatic carbocycles. The minimum atomic E-state index is 0.0194. The van der Waals surface area contributed by atoms with Crippen LogP contribution in [0.4, 0.5) is 0 Å². The molecule has 0 bridgehead atoms. The van der Waals surface area contributed by atoms with Gasteiger partial charge in [-0.1, -0.05) is 32.8 Å². The van der Waals surface area contributed by atoms with E-state index in [1.165, 1.54) is 0 Å². The van der Waals surface area contributed by atoms with E-state index in [4.69, 9.17) is 5.73 Å². The van der Waals surface area contributed by atoms with E-state index >= 15 is 0 Å². The lowest BCUT2D eigenvalue weighted by molar-refractivity contribution is 0.112. The maximum atomic E-state index is 11.1. The predicted molar refractivity (Wildman–Crippen MR) is 83.4 cm³/mol. The number of carbonyl (C=O) groups excluding carboxylic acids is 1. The van der Waals surface area contributed by atoms with Gasteiger partial charge in [-0.2, -0.15) is 0 Å². The zero-order chi connectivity index (χ0) is 15.2. The molecule has 0 saturated carbocycles. The molecule has 112 valence electrons. The van der Waals surface area contributed by atoms with Crippen LogP contribution >= 0.6 is 0 Å². The number of rotatable bonds is 8. The fourth-order valence-corrected chi connectivity index (χ4v) is 2.72. The fourth-order valence-electron chi connectivity index (χ4n) is 2.72. The lowest BCUT2D eigenvalue weighted by Gasteiger charge is -2.31. The number of aryl methyl sites for hydroxylation is 1. The average molecular weight is 277 g/mol. The van der Waals surface area contributed by atoms with Crippen LogP contribution in [-0.4, -0.2) is 17.9 Å². The van der Waals surface area contributed by atoms with Crippen LogP contribution in [0, 0.1) is 6.92 Å². The molecule has 20 heavy (non-hydrogen) atoms. The number of nitrogens with two attached hydrogens (primary N) is 1. The third-order valence-corrected chi connectivity index (χ3v) is 4.17. The summed E-state index contributed by atoms with van der Waals surface area (Å²) in [4.78, 5) is 11.1. The predicted octanol–water partition coefficient (Wildman–Crippen LogP) is 3.70. The van der Waals surface area contributed by atoms with Crippen molar-refractivity contribution in [2.75, 3.05) is 6.54 Å². The maximum absolute atomic E-state index is 11.1.